The van der Waals surface area contributed by atoms with Crippen LogP contribution >= 0.6 is 0 Å². The number of hydrogen-bond acceptors (Lipinski definition) is 7. The Balaban J connectivity index is 1.99. The molecule has 23 heavy (non-hydrogen) atoms. The molecular formula is C14H20N2O7. The number of rotatable bonds is 10. The Morgan fingerprint density at radius 2 is 1.87 bits per heavy atom. The van der Waals surface area contributed by atoms with E-state index in [2.05, 4.69) is 10.1 Å². The van der Waals surface area contributed by atoms with Crippen molar-refractivity contribution in [1.82, 2.24) is 10.2 Å². The fourth-order valence-corrected chi connectivity index (χ4v) is 1.64. The smallest absolute Gasteiger partial charge is 0.334 e. The minimum absolute atomic E-state index is 0.0177. The quantitative estimate of drug-likeness (QED) is 0.280. The molecule has 0 radical (unpaired) electrons. The van der Waals surface area contributed by atoms with E-state index >= 15 is 0 Å². The van der Waals surface area contributed by atoms with Crippen LogP contribution in [0.5, 0.6) is 0 Å². The van der Waals surface area contributed by atoms with Crippen molar-refractivity contribution < 1.29 is 33.8 Å². The molecule has 9 nitrogen and oxygen atoms in total. The maximum Gasteiger partial charge on any atom is 0.334 e. The van der Waals surface area contributed by atoms with Gasteiger partial charge >= 0.3 is 5.97 Å². The summed E-state index contributed by atoms with van der Waals surface area (Å²) in [5.74, 6) is -1.86. The number of aliphatic hydroxyl groups excluding tert-OH is 1. The van der Waals surface area contributed by atoms with E-state index in [9.17, 15) is 19.2 Å². The molecule has 0 aromatic rings. The molecule has 1 aliphatic heterocycles. The van der Waals surface area contributed by atoms with Crippen LogP contribution < -0.4 is 5.32 Å². The van der Waals surface area contributed by atoms with Gasteiger partial charge in [0.1, 0.15) is 12.7 Å². The third-order valence-corrected chi connectivity index (χ3v) is 2.84. The van der Waals surface area contributed by atoms with Crippen LogP contribution in [-0.2, 0) is 28.7 Å². The van der Waals surface area contributed by atoms with Crippen LogP contribution in [-0.4, -0.2) is 72.7 Å². The van der Waals surface area contributed by atoms with Gasteiger partial charge in [-0.2, -0.15) is 0 Å². The molecule has 1 heterocycles. The lowest BCUT2D eigenvalue weighted by Gasteiger charge is -2.13. The third-order valence-electron chi connectivity index (χ3n) is 2.84. The highest BCUT2D eigenvalue weighted by Gasteiger charge is 2.23. The van der Waals surface area contributed by atoms with E-state index in [1.165, 1.54) is 19.1 Å². The van der Waals surface area contributed by atoms with Crippen LogP contribution in [0.2, 0.25) is 0 Å². The van der Waals surface area contributed by atoms with Crippen molar-refractivity contribution in [3.8, 4) is 0 Å². The van der Waals surface area contributed by atoms with E-state index in [1.54, 1.807) is 0 Å². The number of amides is 3. The molecule has 0 aliphatic carbocycles. The topological polar surface area (TPSA) is 122 Å². The molecule has 0 saturated carbocycles. The fourth-order valence-electron chi connectivity index (χ4n) is 1.64. The maximum atomic E-state index is 11.5. The third kappa shape index (κ3) is 7.02. The number of carbonyl (C=O) groups is 4. The average Bonchev–Trinajstić information content (AvgIpc) is 2.82. The van der Waals surface area contributed by atoms with Crippen LogP contribution in [0.1, 0.15) is 13.3 Å². The molecule has 1 atom stereocenters. The predicted molar refractivity (Wildman–Crippen MR) is 76.9 cm³/mol. The molecule has 0 spiro atoms. The molecule has 1 unspecified atom stereocenters. The van der Waals surface area contributed by atoms with Gasteiger partial charge in [0.25, 0.3) is 11.8 Å². The second kappa shape index (κ2) is 9.70. The van der Waals surface area contributed by atoms with Crippen molar-refractivity contribution in [2.75, 3.05) is 32.9 Å². The standard InChI is InChI=1S/C14H20N2O7/c1-10(17)14(21)23-9-8-22-7-5-15-11(18)4-6-16-12(19)2-3-13(16)20/h2-3,10,17H,4-9H2,1H3,(H,15,18). The minimum Gasteiger partial charge on any atom is -0.461 e. The number of nitrogens with zero attached hydrogens (tertiary/aromatic N) is 1. The van der Waals surface area contributed by atoms with Crippen molar-refractivity contribution >= 4 is 23.7 Å². The van der Waals surface area contributed by atoms with Gasteiger partial charge in [-0.25, -0.2) is 4.79 Å². The molecule has 3 amide bonds. The van der Waals surface area contributed by atoms with Gasteiger partial charge in [0, 0.05) is 31.7 Å². The second-order valence-corrected chi connectivity index (χ2v) is 4.72. The molecule has 128 valence electrons. The summed E-state index contributed by atoms with van der Waals surface area (Å²) in [6.07, 6.45) is 1.18. The summed E-state index contributed by atoms with van der Waals surface area (Å²) in [7, 11) is 0. The highest BCUT2D eigenvalue weighted by molar-refractivity contribution is 6.13. The van der Waals surface area contributed by atoms with Gasteiger partial charge in [-0.15, -0.1) is 0 Å². The van der Waals surface area contributed by atoms with E-state index in [4.69, 9.17) is 9.84 Å². The summed E-state index contributed by atoms with van der Waals surface area (Å²) < 4.78 is 9.79. The normalized spacial score (nSPS) is 15.0. The van der Waals surface area contributed by atoms with Crippen LogP contribution in [0.4, 0.5) is 0 Å². The number of ether oxygens (including phenoxy) is 2. The lowest BCUT2D eigenvalue weighted by atomic mass is 10.3. The first-order valence-corrected chi connectivity index (χ1v) is 7.14. The number of hydrogen-bond donors (Lipinski definition) is 2. The predicted octanol–water partition coefficient (Wildman–Crippen LogP) is -1.64. The summed E-state index contributed by atoms with van der Waals surface area (Å²) in [5, 5.41) is 11.4. The summed E-state index contributed by atoms with van der Waals surface area (Å²) >= 11 is 0. The van der Waals surface area contributed by atoms with Gasteiger partial charge in [-0.05, 0) is 6.92 Å². The molecule has 0 fully saturated rings. The Morgan fingerprint density at radius 3 is 2.48 bits per heavy atom. The van der Waals surface area contributed by atoms with Gasteiger partial charge in [0.2, 0.25) is 5.91 Å². The Bertz CT molecular complexity index is 470. The molecular weight excluding hydrogens is 308 g/mol. The van der Waals surface area contributed by atoms with Crippen LogP contribution in [0, 0.1) is 0 Å². The largest absolute Gasteiger partial charge is 0.461 e. The number of esters is 1. The van der Waals surface area contributed by atoms with E-state index in [1.807, 2.05) is 0 Å². The molecule has 1 rings (SSSR count). The summed E-state index contributed by atoms with van der Waals surface area (Å²) in [6, 6.07) is 0. The maximum absolute atomic E-state index is 11.5. The van der Waals surface area contributed by atoms with E-state index in [-0.39, 0.29) is 45.2 Å². The molecule has 9 heteroatoms. The molecule has 1 aliphatic rings. The zero-order valence-electron chi connectivity index (χ0n) is 12.8. The van der Waals surface area contributed by atoms with Crippen molar-refractivity contribution in [1.29, 1.82) is 0 Å². The van der Waals surface area contributed by atoms with Gasteiger partial charge in [0.15, 0.2) is 0 Å². The summed E-state index contributed by atoms with van der Waals surface area (Å²) in [4.78, 5) is 46.0. The van der Waals surface area contributed by atoms with Gasteiger partial charge in [-0.3, -0.25) is 19.3 Å². The monoisotopic (exact) mass is 328 g/mol. The van der Waals surface area contributed by atoms with Crippen LogP contribution in [0.25, 0.3) is 0 Å². The van der Waals surface area contributed by atoms with Gasteiger partial charge in [-0.1, -0.05) is 0 Å². The second-order valence-electron chi connectivity index (χ2n) is 4.72. The first kappa shape index (κ1) is 18.8. The average molecular weight is 328 g/mol. The first-order valence-electron chi connectivity index (χ1n) is 7.14. The highest BCUT2D eigenvalue weighted by Crippen LogP contribution is 2.03. The zero-order valence-corrected chi connectivity index (χ0v) is 12.8. The Kier molecular flexibility index (Phi) is 7.92. The number of imide groups is 1. The van der Waals surface area contributed by atoms with Gasteiger partial charge in [0.05, 0.1) is 13.2 Å². The Hall–Kier alpha value is -2.26. The lowest BCUT2D eigenvalue weighted by Crippen LogP contribution is -2.35. The molecule has 2 N–H and O–H groups in total. The van der Waals surface area contributed by atoms with Crippen molar-refractivity contribution in [2.45, 2.75) is 19.4 Å². The molecule has 0 bridgehead atoms. The summed E-state index contributed by atoms with van der Waals surface area (Å²) in [6.45, 7) is 1.98. The van der Waals surface area contributed by atoms with Gasteiger partial charge < -0.3 is 19.9 Å². The Labute approximate surface area is 133 Å². The van der Waals surface area contributed by atoms with E-state index in [0.29, 0.717) is 0 Å². The SMILES string of the molecule is CC(O)C(=O)OCCOCCNC(=O)CCN1C(=O)C=CC1=O. The fraction of sp³-hybridized carbons (Fsp3) is 0.571. The first-order chi connectivity index (χ1) is 10.9. The van der Waals surface area contributed by atoms with Crippen molar-refractivity contribution in [3.05, 3.63) is 12.2 Å². The molecule has 0 saturated heterocycles. The highest BCUT2D eigenvalue weighted by atomic mass is 16.6. The minimum atomic E-state index is -1.17. The number of carbonyl (C=O) groups excluding carboxylic acids is 4. The van der Waals surface area contributed by atoms with Crippen LogP contribution in [0.15, 0.2) is 12.2 Å². The van der Waals surface area contributed by atoms with E-state index < -0.39 is 23.9 Å². The lowest BCUT2D eigenvalue weighted by molar-refractivity contribution is -0.154. The number of nitrogens with one attached hydrogen (secondary N) is 1. The molecule has 0 aromatic carbocycles. The number of aliphatic hydroxyl groups is 1. The van der Waals surface area contributed by atoms with Crippen molar-refractivity contribution in [3.63, 3.8) is 0 Å². The van der Waals surface area contributed by atoms with E-state index in [0.717, 1.165) is 4.90 Å². The van der Waals surface area contributed by atoms with Crippen LogP contribution in [0.3, 0.4) is 0 Å². The zero-order chi connectivity index (χ0) is 17.2. The molecule has 0 aromatic heterocycles. The van der Waals surface area contributed by atoms with Crippen molar-refractivity contribution in [2.24, 2.45) is 0 Å². The Morgan fingerprint density at radius 1 is 1.22 bits per heavy atom. The summed E-state index contributed by atoms with van der Waals surface area (Å²) in [5.41, 5.74) is 0.